The molecule has 2 unspecified atom stereocenters. The maximum Gasteiger partial charge on any atom is 0.119 e. The standard InChI is InChI=1S/C15H24O3/c1-4-12(9-14(17)10-16)13-5-7-15(8-6-13)18-11(2)3/h5-8,11-12,14,16-17H,4,9-10H2,1-3H3. The maximum atomic E-state index is 9.52. The van der Waals surface area contributed by atoms with Crippen LogP contribution in [0.5, 0.6) is 5.75 Å². The van der Waals surface area contributed by atoms with Gasteiger partial charge in [-0.15, -0.1) is 0 Å². The normalized spacial score (nSPS) is 14.6. The second kappa shape index (κ2) is 7.39. The Morgan fingerprint density at radius 2 is 1.78 bits per heavy atom. The molecule has 0 spiro atoms. The Morgan fingerprint density at radius 1 is 1.17 bits per heavy atom. The molecule has 0 aromatic heterocycles. The van der Waals surface area contributed by atoms with Crippen LogP contribution in [0.15, 0.2) is 24.3 Å². The molecule has 2 atom stereocenters. The van der Waals surface area contributed by atoms with Crippen molar-refractivity contribution in [3.05, 3.63) is 29.8 Å². The van der Waals surface area contributed by atoms with E-state index in [1.165, 1.54) is 5.56 Å². The summed E-state index contributed by atoms with van der Waals surface area (Å²) in [6.45, 7) is 5.92. The van der Waals surface area contributed by atoms with Crippen molar-refractivity contribution in [2.75, 3.05) is 6.61 Å². The molecule has 0 bridgehead atoms. The van der Waals surface area contributed by atoms with Gasteiger partial charge in [-0.25, -0.2) is 0 Å². The van der Waals surface area contributed by atoms with Gasteiger partial charge in [-0.2, -0.15) is 0 Å². The van der Waals surface area contributed by atoms with E-state index < -0.39 is 6.10 Å². The van der Waals surface area contributed by atoms with E-state index in [1.54, 1.807) is 0 Å². The summed E-state index contributed by atoms with van der Waals surface area (Å²) in [6.07, 6.45) is 1.08. The first-order chi connectivity index (χ1) is 8.56. The van der Waals surface area contributed by atoms with Crippen LogP contribution >= 0.6 is 0 Å². The summed E-state index contributed by atoms with van der Waals surface area (Å²) in [7, 11) is 0. The summed E-state index contributed by atoms with van der Waals surface area (Å²) < 4.78 is 5.60. The van der Waals surface area contributed by atoms with Crippen LogP contribution in [0.1, 0.15) is 45.1 Å². The summed E-state index contributed by atoms with van der Waals surface area (Å²) in [5.74, 6) is 1.14. The van der Waals surface area contributed by atoms with E-state index >= 15 is 0 Å². The van der Waals surface area contributed by atoms with Crippen LogP contribution in [0.25, 0.3) is 0 Å². The molecule has 1 aromatic rings. The largest absolute Gasteiger partial charge is 0.491 e. The molecule has 1 aromatic carbocycles. The topological polar surface area (TPSA) is 49.7 Å². The third-order valence-corrected chi connectivity index (χ3v) is 2.98. The quantitative estimate of drug-likeness (QED) is 0.784. The van der Waals surface area contributed by atoms with E-state index in [0.29, 0.717) is 6.42 Å². The van der Waals surface area contributed by atoms with Crippen LogP contribution in [0, 0.1) is 0 Å². The number of hydrogen-bond acceptors (Lipinski definition) is 3. The summed E-state index contributed by atoms with van der Waals surface area (Å²) in [5, 5.41) is 18.4. The Bertz CT molecular complexity index is 332. The Morgan fingerprint density at radius 3 is 2.22 bits per heavy atom. The van der Waals surface area contributed by atoms with E-state index in [0.717, 1.165) is 12.2 Å². The van der Waals surface area contributed by atoms with Crippen molar-refractivity contribution in [1.82, 2.24) is 0 Å². The molecule has 0 fully saturated rings. The van der Waals surface area contributed by atoms with Gasteiger partial charge >= 0.3 is 0 Å². The van der Waals surface area contributed by atoms with Crippen LogP contribution in [0.2, 0.25) is 0 Å². The Hall–Kier alpha value is -1.06. The number of aliphatic hydroxyl groups is 2. The van der Waals surface area contributed by atoms with Gasteiger partial charge in [0.1, 0.15) is 5.75 Å². The van der Waals surface area contributed by atoms with E-state index in [4.69, 9.17) is 9.84 Å². The molecule has 0 aliphatic heterocycles. The lowest BCUT2D eigenvalue weighted by Gasteiger charge is -2.19. The molecule has 3 heteroatoms. The average molecular weight is 252 g/mol. The summed E-state index contributed by atoms with van der Waals surface area (Å²) >= 11 is 0. The molecule has 0 aliphatic carbocycles. The summed E-state index contributed by atoms with van der Waals surface area (Å²) in [5.41, 5.74) is 1.18. The monoisotopic (exact) mass is 252 g/mol. The number of hydrogen-bond donors (Lipinski definition) is 2. The molecule has 0 saturated heterocycles. The van der Waals surface area contributed by atoms with Crippen molar-refractivity contribution in [2.45, 2.75) is 51.7 Å². The van der Waals surface area contributed by atoms with Crippen LogP contribution in [-0.2, 0) is 0 Å². The molecule has 2 N–H and O–H groups in total. The van der Waals surface area contributed by atoms with Crippen LogP contribution in [0.4, 0.5) is 0 Å². The Labute approximate surface area is 109 Å². The van der Waals surface area contributed by atoms with Crippen molar-refractivity contribution in [2.24, 2.45) is 0 Å². The van der Waals surface area contributed by atoms with E-state index in [1.807, 2.05) is 38.1 Å². The van der Waals surface area contributed by atoms with E-state index in [2.05, 4.69) is 6.92 Å². The highest BCUT2D eigenvalue weighted by atomic mass is 16.5. The van der Waals surface area contributed by atoms with Crippen LogP contribution in [-0.4, -0.2) is 29.0 Å². The maximum absolute atomic E-state index is 9.52. The fraction of sp³-hybridized carbons (Fsp3) is 0.600. The van der Waals surface area contributed by atoms with Crippen molar-refractivity contribution in [3.63, 3.8) is 0 Å². The average Bonchev–Trinajstić information content (AvgIpc) is 2.36. The summed E-state index contributed by atoms with van der Waals surface area (Å²) in [4.78, 5) is 0. The van der Waals surface area contributed by atoms with Crippen molar-refractivity contribution >= 4 is 0 Å². The molecule has 18 heavy (non-hydrogen) atoms. The smallest absolute Gasteiger partial charge is 0.119 e. The molecule has 0 saturated carbocycles. The first-order valence-corrected chi connectivity index (χ1v) is 6.62. The molecular weight excluding hydrogens is 228 g/mol. The van der Waals surface area contributed by atoms with Crippen molar-refractivity contribution in [3.8, 4) is 5.75 Å². The fourth-order valence-corrected chi connectivity index (χ4v) is 2.03. The molecule has 3 nitrogen and oxygen atoms in total. The first-order valence-electron chi connectivity index (χ1n) is 6.62. The predicted molar refractivity (Wildman–Crippen MR) is 72.9 cm³/mol. The zero-order valence-electron chi connectivity index (χ0n) is 11.5. The zero-order valence-corrected chi connectivity index (χ0v) is 11.5. The minimum absolute atomic E-state index is 0.175. The highest BCUT2D eigenvalue weighted by Gasteiger charge is 2.14. The highest BCUT2D eigenvalue weighted by molar-refractivity contribution is 5.29. The second-order valence-electron chi connectivity index (χ2n) is 4.91. The lowest BCUT2D eigenvalue weighted by Crippen LogP contribution is -2.16. The van der Waals surface area contributed by atoms with E-state index in [-0.39, 0.29) is 18.6 Å². The van der Waals surface area contributed by atoms with Gasteiger partial charge in [0.15, 0.2) is 0 Å². The van der Waals surface area contributed by atoms with Crippen LogP contribution < -0.4 is 4.74 Å². The molecule has 102 valence electrons. The Kier molecular flexibility index (Phi) is 6.16. The number of ether oxygens (including phenoxy) is 1. The van der Waals surface area contributed by atoms with Gasteiger partial charge in [-0.1, -0.05) is 19.1 Å². The third-order valence-electron chi connectivity index (χ3n) is 2.98. The second-order valence-corrected chi connectivity index (χ2v) is 4.91. The SMILES string of the molecule is CCC(CC(O)CO)c1ccc(OC(C)C)cc1. The van der Waals surface area contributed by atoms with Gasteiger partial charge in [-0.05, 0) is 50.3 Å². The molecular formula is C15H24O3. The summed E-state index contributed by atoms with van der Waals surface area (Å²) in [6, 6.07) is 8.00. The van der Waals surface area contributed by atoms with Crippen molar-refractivity contribution < 1.29 is 14.9 Å². The van der Waals surface area contributed by atoms with Gasteiger partial charge in [0.2, 0.25) is 0 Å². The first kappa shape index (κ1) is 15.0. The molecule has 0 heterocycles. The number of aliphatic hydroxyl groups excluding tert-OH is 2. The number of benzene rings is 1. The van der Waals surface area contributed by atoms with Gasteiger partial charge in [0.05, 0.1) is 18.8 Å². The predicted octanol–water partition coefficient (Wildman–Crippen LogP) is 2.71. The molecule has 1 rings (SSSR count). The molecule has 0 amide bonds. The van der Waals surface area contributed by atoms with Gasteiger partial charge in [0.25, 0.3) is 0 Å². The van der Waals surface area contributed by atoms with E-state index in [9.17, 15) is 5.11 Å². The minimum atomic E-state index is -0.637. The molecule has 0 radical (unpaired) electrons. The van der Waals surface area contributed by atoms with Gasteiger partial charge in [0, 0.05) is 0 Å². The Balaban J connectivity index is 2.69. The van der Waals surface area contributed by atoms with Gasteiger partial charge in [-0.3, -0.25) is 0 Å². The lowest BCUT2D eigenvalue weighted by molar-refractivity contribution is 0.0817. The minimum Gasteiger partial charge on any atom is -0.491 e. The zero-order chi connectivity index (χ0) is 13.5. The van der Waals surface area contributed by atoms with Crippen molar-refractivity contribution in [1.29, 1.82) is 0 Å². The van der Waals surface area contributed by atoms with Gasteiger partial charge < -0.3 is 14.9 Å². The molecule has 0 aliphatic rings. The fourth-order valence-electron chi connectivity index (χ4n) is 2.03. The highest BCUT2D eigenvalue weighted by Crippen LogP contribution is 2.26. The van der Waals surface area contributed by atoms with Crippen LogP contribution in [0.3, 0.4) is 0 Å². The lowest BCUT2D eigenvalue weighted by atomic mass is 9.91. The number of rotatable bonds is 7. The third kappa shape index (κ3) is 4.67.